The first-order valence-corrected chi connectivity index (χ1v) is 6.02. The van der Waals surface area contributed by atoms with Gasteiger partial charge in [0.1, 0.15) is 5.69 Å². The summed E-state index contributed by atoms with van der Waals surface area (Å²) in [4.78, 5) is 5.65. The Kier molecular flexibility index (Phi) is 2.52. The number of pyridine rings is 1. The van der Waals surface area contributed by atoms with E-state index in [4.69, 9.17) is 5.73 Å². The molecule has 2 fully saturated rings. The van der Waals surface area contributed by atoms with Gasteiger partial charge in [0.2, 0.25) is 0 Å². The summed E-state index contributed by atoms with van der Waals surface area (Å²) in [5.74, 6) is 0.667. The number of rotatable bonds is 2. The summed E-state index contributed by atoms with van der Waals surface area (Å²) >= 11 is 0. The van der Waals surface area contributed by atoms with Gasteiger partial charge in [-0.15, -0.1) is 0 Å². The van der Waals surface area contributed by atoms with Crippen LogP contribution in [0.1, 0.15) is 18.5 Å². The van der Waals surface area contributed by atoms with Gasteiger partial charge in [0.25, 0.3) is 0 Å². The summed E-state index contributed by atoms with van der Waals surface area (Å²) in [5.41, 5.74) is 5.61. The SMILES string of the molecule is NCC1CC2CC2N1c1ccc(C(F)(F)F)nc1. The van der Waals surface area contributed by atoms with Crippen LogP contribution < -0.4 is 10.6 Å². The van der Waals surface area contributed by atoms with Gasteiger partial charge in [0, 0.05) is 18.6 Å². The van der Waals surface area contributed by atoms with Crippen molar-refractivity contribution in [2.45, 2.75) is 31.1 Å². The van der Waals surface area contributed by atoms with Crippen molar-refractivity contribution >= 4 is 5.69 Å². The number of fused-ring (bicyclic) bond motifs is 1. The van der Waals surface area contributed by atoms with E-state index in [0.29, 0.717) is 18.5 Å². The molecule has 3 nitrogen and oxygen atoms in total. The van der Waals surface area contributed by atoms with Crippen molar-refractivity contribution < 1.29 is 13.2 Å². The van der Waals surface area contributed by atoms with Crippen LogP contribution in [-0.4, -0.2) is 23.6 Å². The fraction of sp³-hybridized carbons (Fsp3) is 0.583. The number of hydrogen-bond donors (Lipinski definition) is 1. The van der Waals surface area contributed by atoms with E-state index in [2.05, 4.69) is 9.88 Å². The molecule has 3 atom stereocenters. The number of hydrogen-bond acceptors (Lipinski definition) is 3. The van der Waals surface area contributed by atoms with E-state index in [-0.39, 0.29) is 6.04 Å². The first-order chi connectivity index (χ1) is 8.50. The maximum Gasteiger partial charge on any atom is 0.433 e. The number of halogens is 3. The lowest BCUT2D eigenvalue weighted by molar-refractivity contribution is -0.141. The van der Waals surface area contributed by atoms with Gasteiger partial charge in [0.05, 0.1) is 11.9 Å². The molecule has 3 unspecified atom stereocenters. The van der Waals surface area contributed by atoms with Crippen LogP contribution >= 0.6 is 0 Å². The van der Waals surface area contributed by atoms with Crippen LogP contribution in [0.5, 0.6) is 0 Å². The van der Waals surface area contributed by atoms with E-state index in [0.717, 1.165) is 24.6 Å². The van der Waals surface area contributed by atoms with Gasteiger partial charge in [-0.05, 0) is 30.9 Å². The van der Waals surface area contributed by atoms with Gasteiger partial charge < -0.3 is 10.6 Å². The van der Waals surface area contributed by atoms with Gasteiger partial charge in [0.15, 0.2) is 0 Å². The third-order valence-electron chi connectivity index (χ3n) is 3.82. The van der Waals surface area contributed by atoms with E-state index in [1.165, 1.54) is 12.3 Å². The Balaban J connectivity index is 1.84. The summed E-state index contributed by atoms with van der Waals surface area (Å²) < 4.78 is 37.3. The van der Waals surface area contributed by atoms with Gasteiger partial charge in [-0.3, -0.25) is 0 Å². The molecule has 3 rings (SSSR count). The average Bonchev–Trinajstić information content (AvgIpc) is 2.99. The molecule has 18 heavy (non-hydrogen) atoms. The van der Waals surface area contributed by atoms with Crippen LogP contribution in [0.2, 0.25) is 0 Å². The molecule has 2 heterocycles. The first kappa shape index (κ1) is 11.8. The van der Waals surface area contributed by atoms with Crippen LogP contribution in [0.4, 0.5) is 18.9 Å². The number of alkyl halides is 3. The zero-order valence-corrected chi connectivity index (χ0v) is 9.69. The highest BCUT2D eigenvalue weighted by Crippen LogP contribution is 2.49. The summed E-state index contributed by atoms with van der Waals surface area (Å²) in [6, 6.07) is 3.24. The smallest absolute Gasteiger partial charge is 0.363 e. The monoisotopic (exact) mass is 257 g/mol. The van der Waals surface area contributed by atoms with Gasteiger partial charge in [-0.1, -0.05) is 0 Å². The molecule has 0 bridgehead atoms. The second kappa shape index (κ2) is 3.85. The van der Waals surface area contributed by atoms with Crippen LogP contribution in [0.3, 0.4) is 0 Å². The summed E-state index contributed by atoms with van der Waals surface area (Å²) in [7, 11) is 0. The number of nitrogens with two attached hydrogens (primary N) is 1. The Bertz CT molecular complexity index is 443. The molecular formula is C12H14F3N3. The molecule has 1 aromatic heterocycles. The van der Waals surface area contributed by atoms with E-state index < -0.39 is 11.9 Å². The summed E-state index contributed by atoms with van der Waals surface area (Å²) in [6.07, 6.45) is -0.898. The van der Waals surface area contributed by atoms with Crippen molar-refractivity contribution in [1.82, 2.24) is 4.98 Å². The average molecular weight is 257 g/mol. The standard InChI is InChI=1S/C12H14F3N3/c13-12(14,15)11-2-1-8(6-17-11)18-9(5-16)3-7-4-10(7)18/h1-2,6-7,9-10H,3-5,16H2. The minimum absolute atomic E-state index is 0.243. The molecule has 1 saturated carbocycles. The van der Waals surface area contributed by atoms with E-state index in [9.17, 15) is 13.2 Å². The van der Waals surface area contributed by atoms with Gasteiger partial charge >= 0.3 is 6.18 Å². The molecule has 0 radical (unpaired) electrons. The van der Waals surface area contributed by atoms with Crippen LogP contribution in [-0.2, 0) is 6.18 Å². The topological polar surface area (TPSA) is 42.1 Å². The number of nitrogens with zero attached hydrogens (tertiary/aromatic N) is 2. The minimum atomic E-state index is -4.38. The summed E-state index contributed by atoms with van der Waals surface area (Å²) in [6.45, 7) is 0.536. The van der Waals surface area contributed by atoms with Crippen LogP contribution in [0.25, 0.3) is 0 Å². The van der Waals surface area contributed by atoms with Gasteiger partial charge in [-0.25, -0.2) is 4.98 Å². The predicted molar refractivity (Wildman–Crippen MR) is 61.1 cm³/mol. The first-order valence-electron chi connectivity index (χ1n) is 6.02. The number of anilines is 1. The Hall–Kier alpha value is -1.30. The van der Waals surface area contributed by atoms with Crippen molar-refractivity contribution in [3.05, 3.63) is 24.0 Å². The molecule has 1 aromatic rings. The fourth-order valence-electron chi connectivity index (χ4n) is 2.88. The lowest BCUT2D eigenvalue weighted by Crippen LogP contribution is -2.38. The molecule has 98 valence electrons. The minimum Gasteiger partial charge on any atom is -0.363 e. The number of piperidine rings is 1. The van der Waals surface area contributed by atoms with Crippen molar-refractivity contribution in [3.8, 4) is 0 Å². The molecule has 0 aromatic carbocycles. The molecule has 0 amide bonds. The third-order valence-corrected chi connectivity index (χ3v) is 3.82. The van der Waals surface area contributed by atoms with Gasteiger partial charge in [-0.2, -0.15) is 13.2 Å². The highest BCUT2D eigenvalue weighted by Gasteiger charge is 2.51. The quantitative estimate of drug-likeness (QED) is 0.881. The van der Waals surface area contributed by atoms with Crippen LogP contribution in [0, 0.1) is 5.92 Å². The number of aromatic nitrogens is 1. The third kappa shape index (κ3) is 1.84. The van der Waals surface area contributed by atoms with E-state index >= 15 is 0 Å². The van der Waals surface area contributed by atoms with E-state index in [1.54, 1.807) is 0 Å². The Morgan fingerprint density at radius 1 is 1.33 bits per heavy atom. The summed E-state index contributed by atoms with van der Waals surface area (Å²) in [5, 5.41) is 0. The normalized spacial score (nSPS) is 30.4. The second-order valence-electron chi connectivity index (χ2n) is 5.00. The molecule has 1 saturated heterocycles. The van der Waals surface area contributed by atoms with E-state index in [1.807, 2.05) is 0 Å². The van der Waals surface area contributed by atoms with Crippen molar-refractivity contribution in [1.29, 1.82) is 0 Å². The largest absolute Gasteiger partial charge is 0.433 e. The lowest BCUT2D eigenvalue weighted by atomic mass is 10.1. The maximum absolute atomic E-state index is 12.4. The molecule has 1 aliphatic carbocycles. The predicted octanol–water partition coefficient (Wildman–Crippen LogP) is 2.03. The Morgan fingerprint density at radius 2 is 2.11 bits per heavy atom. The lowest BCUT2D eigenvalue weighted by Gasteiger charge is -2.28. The second-order valence-corrected chi connectivity index (χ2v) is 5.00. The van der Waals surface area contributed by atoms with Crippen molar-refractivity contribution in [3.63, 3.8) is 0 Å². The molecule has 2 aliphatic rings. The Morgan fingerprint density at radius 3 is 2.67 bits per heavy atom. The van der Waals surface area contributed by atoms with Crippen molar-refractivity contribution in [2.24, 2.45) is 11.7 Å². The molecule has 0 spiro atoms. The molecule has 1 aliphatic heterocycles. The zero-order chi connectivity index (χ0) is 12.9. The fourth-order valence-corrected chi connectivity index (χ4v) is 2.88. The Labute approximate surface area is 103 Å². The molecule has 2 N–H and O–H groups in total. The molecular weight excluding hydrogens is 243 g/mol. The van der Waals surface area contributed by atoms with Crippen molar-refractivity contribution in [2.75, 3.05) is 11.4 Å². The molecule has 6 heteroatoms. The maximum atomic E-state index is 12.4. The van der Waals surface area contributed by atoms with Crippen LogP contribution in [0.15, 0.2) is 18.3 Å². The highest BCUT2D eigenvalue weighted by atomic mass is 19.4. The zero-order valence-electron chi connectivity index (χ0n) is 9.69. The highest BCUT2D eigenvalue weighted by molar-refractivity contribution is 5.51.